The molecule has 0 aliphatic heterocycles. The molecule has 0 spiro atoms. The van der Waals surface area contributed by atoms with Crippen LogP contribution in [-0.2, 0) is 17.0 Å². The molecule has 3 rings (SSSR count). The molecule has 2 aromatic heterocycles. The van der Waals surface area contributed by atoms with Crippen LogP contribution in [0.1, 0.15) is 17.0 Å². The Labute approximate surface area is 151 Å². The second-order valence-corrected chi connectivity index (χ2v) is 6.95. The van der Waals surface area contributed by atoms with E-state index >= 15 is 0 Å². The average molecular weight is 362 g/mol. The van der Waals surface area contributed by atoms with E-state index < -0.39 is 0 Å². The Balaban J connectivity index is 1.87. The molecular weight excluding hydrogens is 342 g/mol. The molecule has 0 radical (unpaired) electrons. The number of fused-ring (bicyclic) bond motifs is 1. The minimum atomic E-state index is 0.676. The first kappa shape index (κ1) is 17.3. The van der Waals surface area contributed by atoms with E-state index in [1.54, 1.807) is 25.1 Å². The average Bonchev–Trinajstić information content (AvgIpc) is 2.87. The highest BCUT2D eigenvalue weighted by Gasteiger charge is 2.13. The van der Waals surface area contributed by atoms with Crippen LogP contribution >= 0.6 is 23.4 Å². The summed E-state index contributed by atoms with van der Waals surface area (Å²) in [6, 6.07) is 7.91. The predicted octanol–water partition coefficient (Wildman–Crippen LogP) is 4.64. The summed E-state index contributed by atoms with van der Waals surface area (Å²) < 4.78 is 7.43. The smallest absolute Gasteiger partial charge is 0.168 e. The lowest BCUT2D eigenvalue weighted by Crippen LogP contribution is -2.07. The summed E-state index contributed by atoms with van der Waals surface area (Å²) in [5.74, 6) is 0.799. The van der Waals surface area contributed by atoms with Gasteiger partial charge in [-0.3, -0.25) is 4.98 Å². The monoisotopic (exact) mass is 361 g/mol. The van der Waals surface area contributed by atoms with Gasteiger partial charge in [0.15, 0.2) is 5.16 Å². The normalized spacial score (nSPS) is 11.3. The third-order valence-electron chi connectivity index (χ3n) is 4.10. The van der Waals surface area contributed by atoms with Crippen LogP contribution in [0, 0.1) is 13.8 Å². The molecule has 0 unspecified atom stereocenters. The molecule has 3 aromatic rings. The second kappa shape index (κ2) is 7.55. The number of methoxy groups -OCH3 is 1. The molecule has 0 N–H and O–H groups in total. The van der Waals surface area contributed by atoms with Gasteiger partial charge in [-0.05, 0) is 37.6 Å². The number of aryl methyl sites for hydroxylation is 1. The number of benzene rings is 1. The van der Waals surface area contributed by atoms with Crippen LogP contribution in [0.5, 0.6) is 0 Å². The molecule has 2 heterocycles. The summed E-state index contributed by atoms with van der Waals surface area (Å²) in [6.07, 6.45) is 1.81. The Morgan fingerprint density at radius 1 is 1.25 bits per heavy atom. The van der Waals surface area contributed by atoms with Crippen LogP contribution < -0.4 is 0 Å². The van der Waals surface area contributed by atoms with Crippen molar-refractivity contribution in [2.75, 3.05) is 13.7 Å². The SMILES string of the molecule is COCCn1c(SCc2ccc(Cl)c3cccnc23)nc(C)c1C. The third-order valence-corrected chi connectivity index (χ3v) is 5.45. The summed E-state index contributed by atoms with van der Waals surface area (Å²) >= 11 is 8.00. The topological polar surface area (TPSA) is 39.9 Å². The maximum Gasteiger partial charge on any atom is 0.168 e. The second-order valence-electron chi connectivity index (χ2n) is 5.60. The van der Waals surface area contributed by atoms with Crippen LogP contribution in [0.3, 0.4) is 0 Å². The molecule has 0 aliphatic carbocycles. The fourth-order valence-electron chi connectivity index (χ4n) is 2.63. The van der Waals surface area contributed by atoms with E-state index in [0.717, 1.165) is 44.6 Å². The molecule has 0 atom stereocenters. The van der Waals surface area contributed by atoms with Crippen LogP contribution in [0.25, 0.3) is 10.9 Å². The first-order chi connectivity index (χ1) is 11.6. The van der Waals surface area contributed by atoms with E-state index in [1.807, 2.05) is 31.2 Å². The molecule has 0 saturated heterocycles. The standard InChI is InChI=1S/C18H20ClN3OS/c1-12-13(2)22(9-10-23-3)18(21-12)24-11-14-6-7-16(19)15-5-4-8-20-17(14)15/h4-8H,9-11H2,1-3H3. The maximum atomic E-state index is 6.28. The van der Waals surface area contributed by atoms with Crippen molar-refractivity contribution in [3.63, 3.8) is 0 Å². The summed E-state index contributed by atoms with van der Waals surface area (Å²) in [5, 5.41) is 2.74. The zero-order chi connectivity index (χ0) is 17.1. The Morgan fingerprint density at radius 3 is 2.88 bits per heavy atom. The lowest BCUT2D eigenvalue weighted by molar-refractivity contribution is 0.184. The van der Waals surface area contributed by atoms with Crippen molar-refractivity contribution in [3.05, 3.63) is 52.4 Å². The Morgan fingerprint density at radius 2 is 2.08 bits per heavy atom. The number of thioether (sulfide) groups is 1. The number of hydrogen-bond donors (Lipinski definition) is 0. The molecular formula is C18H20ClN3OS. The summed E-state index contributed by atoms with van der Waals surface area (Å²) in [6.45, 7) is 5.63. The Hall–Kier alpha value is -1.56. The highest BCUT2D eigenvalue weighted by Crippen LogP contribution is 2.30. The molecule has 4 nitrogen and oxygen atoms in total. The highest BCUT2D eigenvalue weighted by atomic mass is 35.5. The summed E-state index contributed by atoms with van der Waals surface area (Å²) in [4.78, 5) is 9.20. The fraction of sp³-hybridized carbons (Fsp3) is 0.333. The molecule has 126 valence electrons. The molecule has 24 heavy (non-hydrogen) atoms. The zero-order valence-corrected chi connectivity index (χ0v) is 15.6. The number of hydrogen-bond acceptors (Lipinski definition) is 4. The number of pyridine rings is 1. The van der Waals surface area contributed by atoms with Crippen LogP contribution in [-0.4, -0.2) is 28.3 Å². The van der Waals surface area contributed by atoms with Crippen molar-refractivity contribution in [1.29, 1.82) is 0 Å². The first-order valence-electron chi connectivity index (χ1n) is 7.79. The predicted molar refractivity (Wildman–Crippen MR) is 99.9 cm³/mol. The number of halogens is 1. The van der Waals surface area contributed by atoms with Gasteiger partial charge >= 0.3 is 0 Å². The number of imidazole rings is 1. The summed E-state index contributed by atoms with van der Waals surface area (Å²) in [7, 11) is 1.72. The van der Waals surface area contributed by atoms with Crippen molar-refractivity contribution in [3.8, 4) is 0 Å². The zero-order valence-electron chi connectivity index (χ0n) is 14.0. The maximum absolute atomic E-state index is 6.28. The van der Waals surface area contributed by atoms with Gasteiger partial charge in [-0.25, -0.2) is 4.98 Å². The molecule has 0 bridgehead atoms. The number of aromatic nitrogens is 3. The molecule has 1 aromatic carbocycles. The number of rotatable bonds is 6. The lowest BCUT2D eigenvalue weighted by Gasteiger charge is -2.10. The number of nitrogens with zero attached hydrogens (tertiary/aromatic N) is 3. The van der Waals surface area contributed by atoms with E-state index in [1.165, 1.54) is 5.69 Å². The highest BCUT2D eigenvalue weighted by molar-refractivity contribution is 7.98. The molecule has 0 saturated carbocycles. The van der Waals surface area contributed by atoms with Crippen LogP contribution in [0.2, 0.25) is 5.02 Å². The third kappa shape index (κ3) is 3.43. The van der Waals surface area contributed by atoms with Gasteiger partial charge in [-0.1, -0.05) is 29.4 Å². The van der Waals surface area contributed by atoms with E-state index in [4.69, 9.17) is 21.3 Å². The quantitative estimate of drug-likeness (QED) is 0.599. The van der Waals surface area contributed by atoms with Gasteiger partial charge in [-0.2, -0.15) is 0 Å². The van der Waals surface area contributed by atoms with E-state index in [2.05, 4.69) is 16.5 Å². The van der Waals surface area contributed by atoms with Crippen molar-refractivity contribution >= 4 is 34.3 Å². The van der Waals surface area contributed by atoms with Gasteiger partial charge in [0.1, 0.15) is 0 Å². The van der Waals surface area contributed by atoms with E-state index in [-0.39, 0.29) is 0 Å². The van der Waals surface area contributed by atoms with Gasteiger partial charge in [0, 0.05) is 41.7 Å². The lowest BCUT2D eigenvalue weighted by atomic mass is 10.1. The van der Waals surface area contributed by atoms with Crippen LogP contribution in [0.15, 0.2) is 35.6 Å². The summed E-state index contributed by atoms with van der Waals surface area (Å²) in [5.41, 5.74) is 4.37. The first-order valence-corrected chi connectivity index (χ1v) is 9.15. The van der Waals surface area contributed by atoms with Gasteiger partial charge in [0.25, 0.3) is 0 Å². The molecule has 6 heteroatoms. The van der Waals surface area contributed by atoms with Crippen molar-refractivity contribution in [2.24, 2.45) is 0 Å². The number of ether oxygens (including phenoxy) is 1. The van der Waals surface area contributed by atoms with Gasteiger partial charge < -0.3 is 9.30 Å². The van der Waals surface area contributed by atoms with Crippen LogP contribution in [0.4, 0.5) is 0 Å². The van der Waals surface area contributed by atoms with Crippen molar-refractivity contribution < 1.29 is 4.74 Å². The van der Waals surface area contributed by atoms with Crippen molar-refractivity contribution in [2.45, 2.75) is 31.3 Å². The van der Waals surface area contributed by atoms with E-state index in [9.17, 15) is 0 Å². The molecule has 0 amide bonds. The van der Waals surface area contributed by atoms with Gasteiger partial charge in [-0.15, -0.1) is 0 Å². The molecule has 0 fully saturated rings. The fourth-order valence-corrected chi connectivity index (χ4v) is 3.95. The van der Waals surface area contributed by atoms with Gasteiger partial charge in [0.2, 0.25) is 0 Å². The minimum Gasteiger partial charge on any atom is -0.383 e. The largest absolute Gasteiger partial charge is 0.383 e. The van der Waals surface area contributed by atoms with Gasteiger partial charge in [0.05, 0.1) is 17.8 Å². The van der Waals surface area contributed by atoms with E-state index in [0.29, 0.717) is 6.61 Å². The van der Waals surface area contributed by atoms with Crippen molar-refractivity contribution in [1.82, 2.24) is 14.5 Å². The molecule has 0 aliphatic rings. The Bertz CT molecular complexity index is 863. The minimum absolute atomic E-state index is 0.676. The Kier molecular flexibility index (Phi) is 5.43.